The number of hydrogen-bond acceptors (Lipinski definition) is 1. The van der Waals surface area contributed by atoms with Crippen LogP contribution in [-0.4, -0.2) is 5.78 Å². The lowest BCUT2D eigenvalue weighted by Gasteiger charge is -2.23. The fourth-order valence-corrected chi connectivity index (χ4v) is 2.76. The van der Waals surface area contributed by atoms with Gasteiger partial charge in [0.1, 0.15) is 0 Å². The quantitative estimate of drug-likeness (QED) is 0.536. The van der Waals surface area contributed by atoms with Gasteiger partial charge in [-0.15, -0.1) is 0 Å². The van der Waals surface area contributed by atoms with Crippen molar-refractivity contribution in [2.75, 3.05) is 0 Å². The first-order valence-electron chi connectivity index (χ1n) is 7.03. The second-order valence-corrected chi connectivity index (χ2v) is 5.28. The van der Waals surface area contributed by atoms with Gasteiger partial charge < -0.3 is 0 Å². The van der Waals surface area contributed by atoms with Crippen LogP contribution in [0.15, 0.2) is 42.5 Å². The molecule has 1 heteroatoms. The smallest absolute Gasteiger partial charge is 0.163 e. The summed E-state index contributed by atoms with van der Waals surface area (Å²) in [5, 5.41) is 0. The first kappa shape index (κ1) is 13.1. The van der Waals surface area contributed by atoms with Crippen LogP contribution in [0.3, 0.4) is 0 Å². The molecule has 1 aliphatic carbocycles. The molecule has 18 heavy (non-hydrogen) atoms. The summed E-state index contributed by atoms with van der Waals surface area (Å²) in [6, 6.07) is 9.57. The molecule has 0 aromatic heterocycles. The third kappa shape index (κ3) is 3.56. The van der Waals surface area contributed by atoms with Crippen LogP contribution in [0.4, 0.5) is 0 Å². The van der Waals surface area contributed by atoms with E-state index >= 15 is 0 Å². The molecule has 1 aliphatic rings. The van der Waals surface area contributed by atoms with E-state index in [9.17, 15) is 4.79 Å². The van der Waals surface area contributed by atoms with Crippen LogP contribution in [-0.2, 0) is 0 Å². The average molecular weight is 242 g/mol. The van der Waals surface area contributed by atoms with E-state index in [0.29, 0.717) is 12.3 Å². The zero-order valence-corrected chi connectivity index (χ0v) is 11.0. The second-order valence-electron chi connectivity index (χ2n) is 5.28. The van der Waals surface area contributed by atoms with Gasteiger partial charge in [-0.3, -0.25) is 4.79 Å². The lowest BCUT2D eigenvalue weighted by molar-refractivity contribution is 0.0981. The van der Waals surface area contributed by atoms with Crippen molar-refractivity contribution in [1.29, 1.82) is 0 Å². The number of carbonyl (C=O) groups excluding carboxylic acids is 1. The Kier molecular flexibility index (Phi) is 4.74. The summed E-state index contributed by atoms with van der Waals surface area (Å²) >= 11 is 0. The zero-order chi connectivity index (χ0) is 12.8. The van der Waals surface area contributed by atoms with Gasteiger partial charge in [-0.2, -0.15) is 0 Å². The maximum absolute atomic E-state index is 12.0. The molecule has 0 atom stereocenters. The summed E-state index contributed by atoms with van der Waals surface area (Å²) in [6.07, 6.45) is 8.05. The Morgan fingerprint density at radius 3 is 2.39 bits per heavy atom. The second kappa shape index (κ2) is 6.53. The topological polar surface area (TPSA) is 17.1 Å². The fraction of sp³-hybridized carbons (Fsp3) is 0.471. The van der Waals surface area contributed by atoms with Crippen molar-refractivity contribution in [2.45, 2.75) is 44.9 Å². The highest BCUT2D eigenvalue weighted by Crippen LogP contribution is 2.31. The van der Waals surface area contributed by atoms with Crippen molar-refractivity contribution in [2.24, 2.45) is 5.92 Å². The molecule has 0 amide bonds. The third-order valence-corrected chi connectivity index (χ3v) is 3.95. The molecule has 96 valence electrons. The minimum atomic E-state index is 0.243. The van der Waals surface area contributed by atoms with Crippen molar-refractivity contribution >= 4 is 5.78 Å². The summed E-state index contributed by atoms with van der Waals surface area (Å²) in [5.41, 5.74) is 2.12. The Balaban J connectivity index is 1.80. The van der Waals surface area contributed by atoms with Gasteiger partial charge in [0, 0.05) is 12.0 Å². The molecule has 1 aromatic rings. The van der Waals surface area contributed by atoms with Crippen LogP contribution in [0.1, 0.15) is 55.3 Å². The number of ketones is 1. The van der Waals surface area contributed by atoms with Crippen molar-refractivity contribution < 1.29 is 4.79 Å². The highest BCUT2D eigenvalue weighted by Gasteiger charge is 2.17. The van der Waals surface area contributed by atoms with E-state index in [1.807, 2.05) is 30.3 Å². The van der Waals surface area contributed by atoms with Gasteiger partial charge in [-0.1, -0.05) is 61.7 Å². The molecule has 1 nitrogen and oxygen atoms in total. The van der Waals surface area contributed by atoms with Crippen molar-refractivity contribution in [3.05, 3.63) is 48.0 Å². The predicted octanol–water partition coefficient (Wildman–Crippen LogP) is 4.79. The molecular weight excluding hydrogens is 220 g/mol. The van der Waals surface area contributed by atoms with E-state index < -0.39 is 0 Å². The minimum Gasteiger partial charge on any atom is -0.294 e. The number of Topliss-reactive ketones (excluding diaryl/α,β-unsaturated/α-hetero) is 1. The molecule has 1 saturated carbocycles. The first-order chi connectivity index (χ1) is 8.77. The van der Waals surface area contributed by atoms with E-state index in [2.05, 4.69) is 6.58 Å². The summed E-state index contributed by atoms with van der Waals surface area (Å²) in [4.78, 5) is 12.0. The standard InChI is InChI=1S/C17H22O/c1-14(15-8-4-2-5-9-15)12-13-17(18)16-10-6-3-7-11-16/h3,6-7,10-11,15H,1-2,4-5,8-9,12-13H2. The van der Waals surface area contributed by atoms with Crippen LogP contribution in [0.2, 0.25) is 0 Å². The number of carbonyl (C=O) groups is 1. The Morgan fingerprint density at radius 1 is 1.06 bits per heavy atom. The number of hydrogen-bond donors (Lipinski definition) is 0. The summed E-state index contributed by atoms with van der Waals surface area (Å²) in [6.45, 7) is 4.19. The largest absolute Gasteiger partial charge is 0.294 e. The van der Waals surface area contributed by atoms with Crippen molar-refractivity contribution in [3.8, 4) is 0 Å². The zero-order valence-electron chi connectivity index (χ0n) is 11.0. The minimum absolute atomic E-state index is 0.243. The van der Waals surface area contributed by atoms with Gasteiger partial charge in [0.15, 0.2) is 5.78 Å². The van der Waals surface area contributed by atoms with Gasteiger partial charge in [0.2, 0.25) is 0 Å². The Labute approximate surface area is 110 Å². The number of allylic oxidation sites excluding steroid dienone is 1. The molecule has 2 rings (SSSR count). The van der Waals surface area contributed by atoms with E-state index in [4.69, 9.17) is 0 Å². The Bertz CT molecular complexity index is 399. The molecule has 1 fully saturated rings. The summed E-state index contributed by atoms with van der Waals surface area (Å²) in [7, 11) is 0. The van der Waals surface area contributed by atoms with Gasteiger partial charge in [-0.05, 0) is 25.2 Å². The van der Waals surface area contributed by atoms with Gasteiger partial charge in [0.05, 0.1) is 0 Å². The maximum Gasteiger partial charge on any atom is 0.163 e. The van der Waals surface area contributed by atoms with E-state index in [1.54, 1.807) is 0 Å². The molecule has 0 heterocycles. The van der Waals surface area contributed by atoms with Gasteiger partial charge >= 0.3 is 0 Å². The van der Waals surface area contributed by atoms with E-state index in [1.165, 1.54) is 37.7 Å². The molecule has 0 radical (unpaired) electrons. The first-order valence-corrected chi connectivity index (χ1v) is 7.03. The lowest BCUT2D eigenvalue weighted by Crippen LogP contribution is -2.10. The highest BCUT2D eigenvalue weighted by molar-refractivity contribution is 5.96. The molecular formula is C17H22O. The van der Waals surface area contributed by atoms with Crippen LogP contribution in [0, 0.1) is 5.92 Å². The molecule has 0 N–H and O–H groups in total. The Morgan fingerprint density at radius 2 is 1.72 bits per heavy atom. The third-order valence-electron chi connectivity index (χ3n) is 3.95. The molecule has 0 spiro atoms. The molecule has 0 bridgehead atoms. The van der Waals surface area contributed by atoms with Crippen LogP contribution < -0.4 is 0 Å². The van der Waals surface area contributed by atoms with Gasteiger partial charge in [0.25, 0.3) is 0 Å². The van der Waals surface area contributed by atoms with Gasteiger partial charge in [-0.25, -0.2) is 0 Å². The van der Waals surface area contributed by atoms with Crippen LogP contribution >= 0.6 is 0 Å². The molecule has 0 saturated heterocycles. The Hall–Kier alpha value is -1.37. The van der Waals surface area contributed by atoms with E-state index in [0.717, 1.165) is 12.0 Å². The monoisotopic (exact) mass is 242 g/mol. The number of benzene rings is 1. The van der Waals surface area contributed by atoms with Crippen LogP contribution in [0.25, 0.3) is 0 Å². The fourth-order valence-electron chi connectivity index (χ4n) is 2.76. The maximum atomic E-state index is 12.0. The lowest BCUT2D eigenvalue weighted by atomic mass is 9.82. The normalized spacial score (nSPS) is 16.4. The van der Waals surface area contributed by atoms with Crippen molar-refractivity contribution in [1.82, 2.24) is 0 Å². The summed E-state index contributed by atoms with van der Waals surface area (Å²) in [5.74, 6) is 0.912. The summed E-state index contributed by atoms with van der Waals surface area (Å²) < 4.78 is 0. The highest BCUT2D eigenvalue weighted by atomic mass is 16.1. The SMILES string of the molecule is C=C(CCC(=O)c1ccccc1)C1CCCCC1. The molecule has 0 unspecified atom stereocenters. The van der Waals surface area contributed by atoms with Crippen LogP contribution in [0.5, 0.6) is 0 Å². The van der Waals surface area contributed by atoms with Crippen molar-refractivity contribution in [3.63, 3.8) is 0 Å². The molecule has 0 aliphatic heterocycles. The number of rotatable bonds is 5. The average Bonchev–Trinajstić information content (AvgIpc) is 2.46. The van der Waals surface area contributed by atoms with E-state index in [-0.39, 0.29) is 5.78 Å². The molecule has 1 aromatic carbocycles. The predicted molar refractivity (Wildman–Crippen MR) is 75.7 cm³/mol.